The molecule has 1 heteroatoms. The van der Waals surface area contributed by atoms with Crippen molar-refractivity contribution in [3.8, 4) is 0 Å². The van der Waals surface area contributed by atoms with Crippen LogP contribution in [0, 0.1) is 13.8 Å². The predicted molar refractivity (Wildman–Crippen MR) is 47.8 cm³/mol. The molecule has 0 radical (unpaired) electrons. The lowest BCUT2D eigenvalue weighted by molar-refractivity contribution is 1.30. The number of nitrogens with one attached hydrogen (secondary N) is 1. The zero-order chi connectivity index (χ0) is 7.84. The van der Waals surface area contributed by atoms with Crippen molar-refractivity contribution in [2.75, 3.05) is 0 Å². The van der Waals surface area contributed by atoms with E-state index in [0.29, 0.717) is 0 Å². The molecule has 2 aromatic rings. The molecule has 11 heavy (non-hydrogen) atoms. The van der Waals surface area contributed by atoms with E-state index in [9.17, 15) is 0 Å². The fourth-order valence-electron chi connectivity index (χ4n) is 1.39. The summed E-state index contributed by atoms with van der Waals surface area (Å²) in [6.45, 7) is 4.19. The van der Waals surface area contributed by atoms with Crippen LogP contribution in [0.25, 0.3) is 10.9 Å². The maximum atomic E-state index is 3.30. The Morgan fingerprint density at radius 1 is 1.09 bits per heavy atom. The van der Waals surface area contributed by atoms with Gasteiger partial charge in [0.05, 0.1) is 0 Å². The Balaban J connectivity index is 2.82. The molecule has 0 unspecified atom stereocenters. The molecule has 1 N–H and O–H groups in total. The van der Waals surface area contributed by atoms with Crippen molar-refractivity contribution in [2.24, 2.45) is 0 Å². The number of aromatic amines is 1. The maximum absolute atomic E-state index is 3.30. The number of benzene rings is 1. The van der Waals surface area contributed by atoms with E-state index >= 15 is 0 Å². The summed E-state index contributed by atoms with van der Waals surface area (Å²) < 4.78 is 0. The molecular weight excluding hydrogens is 134 g/mol. The lowest BCUT2D eigenvalue weighted by Crippen LogP contribution is -1.71. The van der Waals surface area contributed by atoms with Gasteiger partial charge in [-0.1, -0.05) is 12.1 Å². The van der Waals surface area contributed by atoms with Gasteiger partial charge in [-0.3, -0.25) is 0 Å². The van der Waals surface area contributed by atoms with Gasteiger partial charge in [0.1, 0.15) is 0 Å². The number of aryl methyl sites for hydroxylation is 2. The van der Waals surface area contributed by atoms with Crippen LogP contribution in [0.5, 0.6) is 0 Å². The molecule has 1 aromatic heterocycles. The maximum Gasteiger partial charge on any atom is 0.0458 e. The van der Waals surface area contributed by atoms with Gasteiger partial charge in [-0.15, -0.1) is 0 Å². The van der Waals surface area contributed by atoms with E-state index in [2.05, 4.69) is 43.1 Å². The number of rotatable bonds is 0. The molecule has 2 rings (SSSR count). The number of aromatic nitrogens is 1. The highest BCUT2D eigenvalue weighted by molar-refractivity contribution is 5.80. The zero-order valence-corrected chi connectivity index (χ0v) is 6.81. The van der Waals surface area contributed by atoms with Crippen LogP contribution in [0.2, 0.25) is 0 Å². The van der Waals surface area contributed by atoms with Crippen molar-refractivity contribution in [3.05, 3.63) is 35.5 Å². The van der Waals surface area contributed by atoms with Gasteiger partial charge in [-0.2, -0.15) is 0 Å². The van der Waals surface area contributed by atoms with Gasteiger partial charge < -0.3 is 4.98 Å². The zero-order valence-electron chi connectivity index (χ0n) is 6.81. The molecule has 0 aliphatic carbocycles. The smallest absolute Gasteiger partial charge is 0.0458 e. The molecule has 1 heterocycles. The molecule has 0 spiro atoms. The highest BCUT2D eigenvalue weighted by atomic mass is 14.7. The number of hydrogen-bond donors (Lipinski definition) is 1. The average Bonchev–Trinajstić information content (AvgIpc) is 2.27. The highest BCUT2D eigenvalue weighted by Crippen LogP contribution is 2.15. The Labute approximate surface area is 66.1 Å². The fraction of sp³-hybridized carbons (Fsp3) is 0.200. The molecule has 0 saturated heterocycles. The molecule has 0 aliphatic heterocycles. The Morgan fingerprint density at radius 3 is 2.73 bits per heavy atom. The minimum Gasteiger partial charge on any atom is -0.359 e. The van der Waals surface area contributed by atoms with Gasteiger partial charge in [0.25, 0.3) is 0 Å². The van der Waals surface area contributed by atoms with Crippen LogP contribution in [-0.4, -0.2) is 4.98 Å². The molecule has 0 aliphatic rings. The van der Waals surface area contributed by atoms with Crippen LogP contribution in [-0.2, 0) is 0 Å². The fourth-order valence-corrected chi connectivity index (χ4v) is 1.39. The van der Waals surface area contributed by atoms with Gasteiger partial charge in [0, 0.05) is 11.2 Å². The first-order valence-corrected chi connectivity index (χ1v) is 3.82. The molecule has 1 aromatic carbocycles. The SMILES string of the molecule is Cc1ccc2cc(C)[nH]c2c1. The summed E-state index contributed by atoms with van der Waals surface area (Å²) in [7, 11) is 0. The molecule has 0 saturated carbocycles. The second-order valence-electron chi connectivity index (χ2n) is 3.04. The number of H-pyrrole nitrogens is 1. The topological polar surface area (TPSA) is 15.8 Å². The quantitative estimate of drug-likeness (QED) is 0.586. The van der Waals surface area contributed by atoms with Crippen molar-refractivity contribution < 1.29 is 0 Å². The van der Waals surface area contributed by atoms with E-state index < -0.39 is 0 Å². The van der Waals surface area contributed by atoms with Crippen LogP contribution in [0.1, 0.15) is 11.3 Å². The van der Waals surface area contributed by atoms with Gasteiger partial charge in [0.15, 0.2) is 0 Å². The summed E-state index contributed by atoms with van der Waals surface area (Å²) in [6, 6.07) is 8.61. The van der Waals surface area contributed by atoms with Crippen molar-refractivity contribution in [3.63, 3.8) is 0 Å². The van der Waals surface area contributed by atoms with Gasteiger partial charge in [-0.25, -0.2) is 0 Å². The third-order valence-electron chi connectivity index (χ3n) is 1.91. The van der Waals surface area contributed by atoms with Gasteiger partial charge in [0.2, 0.25) is 0 Å². The van der Waals surface area contributed by atoms with E-state index in [-0.39, 0.29) is 0 Å². The second kappa shape index (κ2) is 2.12. The van der Waals surface area contributed by atoms with Crippen LogP contribution in [0.3, 0.4) is 0 Å². The van der Waals surface area contributed by atoms with E-state index in [0.717, 1.165) is 0 Å². The second-order valence-corrected chi connectivity index (χ2v) is 3.04. The van der Waals surface area contributed by atoms with E-state index in [4.69, 9.17) is 0 Å². The number of fused-ring (bicyclic) bond motifs is 1. The van der Waals surface area contributed by atoms with Gasteiger partial charge in [-0.05, 0) is 36.9 Å². The Bertz CT molecular complexity index is 385. The predicted octanol–water partition coefficient (Wildman–Crippen LogP) is 2.78. The van der Waals surface area contributed by atoms with Crippen molar-refractivity contribution in [2.45, 2.75) is 13.8 Å². The van der Waals surface area contributed by atoms with Crippen LogP contribution >= 0.6 is 0 Å². The minimum atomic E-state index is 1.23. The van der Waals surface area contributed by atoms with E-state index in [1.54, 1.807) is 0 Å². The third kappa shape index (κ3) is 1.03. The molecule has 1 nitrogen and oxygen atoms in total. The van der Waals surface area contributed by atoms with E-state index in [1.165, 1.54) is 22.2 Å². The standard InChI is InChI=1S/C10H11N/c1-7-3-4-9-6-8(2)11-10(9)5-7/h3-6,11H,1-2H3. The summed E-state index contributed by atoms with van der Waals surface area (Å²) in [5, 5.41) is 1.30. The first-order valence-electron chi connectivity index (χ1n) is 3.82. The van der Waals surface area contributed by atoms with Crippen LogP contribution < -0.4 is 0 Å². The molecule has 0 atom stereocenters. The highest BCUT2D eigenvalue weighted by Gasteiger charge is 1.95. The van der Waals surface area contributed by atoms with Crippen LogP contribution in [0.4, 0.5) is 0 Å². The molecule has 0 amide bonds. The van der Waals surface area contributed by atoms with Gasteiger partial charge >= 0.3 is 0 Å². The lowest BCUT2D eigenvalue weighted by Gasteiger charge is -1.90. The molecule has 56 valence electrons. The normalized spacial score (nSPS) is 10.7. The summed E-state index contributed by atoms with van der Waals surface area (Å²) in [6.07, 6.45) is 0. The van der Waals surface area contributed by atoms with E-state index in [1.807, 2.05) is 0 Å². The van der Waals surface area contributed by atoms with Crippen molar-refractivity contribution in [1.29, 1.82) is 0 Å². The Morgan fingerprint density at radius 2 is 1.91 bits per heavy atom. The van der Waals surface area contributed by atoms with Crippen molar-refractivity contribution in [1.82, 2.24) is 4.98 Å². The minimum absolute atomic E-state index is 1.23. The summed E-state index contributed by atoms with van der Waals surface area (Å²) in [5.41, 5.74) is 3.77. The summed E-state index contributed by atoms with van der Waals surface area (Å²) >= 11 is 0. The largest absolute Gasteiger partial charge is 0.359 e. The average molecular weight is 145 g/mol. The molecular formula is C10H11N. The molecule has 0 bridgehead atoms. The first-order chi connectivity index (χ1) is 5.25. The summed E-state index contributed by atoms with van der Waals surface area (Å²) in [4.78, 5) is 3.30. The molecule has 0 fully saturated rings. The first kappa shape index (κ1) is 6.47. The lowest BCUT2D eigenvalue weighted by atomic mass is 10.2. The van der Waals surface area contributed by atoms with Crippen molar-refractivity contribution >= 4 is 10.9 Å². The number of hydrogen-bond acceptors (Lipinski definition) is 0. The Kier molecular flexibility index (Phi) is 1.25. The van der Waals surface area contributed by atoms with Crippen LogP contribution in [0.15, 0.2) is 24.3 Å². The summed E-state index contributed by atoms with van der Waals surface area (Å²) in [5.74, 6) is 0. The Hall–Kier alpha value is -1.24. The monoisotopic (exact) mass is 145 g/mol. The third-order valence-corrected chi connectivity index (χ3v) is 1.91.